The lowest BCUT2D eigenvalue weighted by molar-refractivity contribution is -0.0719. The van der Waals surface area contributed by atoms with Crippen molar-refractivity contribution >= 4 is 8.32 Å². The van der Waals surface area contributed by atoms with Gasteiger partial charge in [0.15, 0.2) is 8.32 Å². The fraction of sp³-hybridized carbons (Fsp3) is 0.909. The van der Waals surface area contributed by atoms with Crippen molar-refractivity contribution in [3.8, 4) is 0 Å². The Morgan fingerprint density at radius 1 is 1.12 bits per heavy atom. The molecule has 8 atom stereocenters. The molecule has 4 rings (SSSR count). The van der Waals surface area contributed by atoms with Gasteiger partial charge in [-0.3, -0.25) is 0 Å². The minimum absolute atomic E-state index is 0.0523. The van der Waals surface area contributed by atoms with E-state index < -0.39 is 8.32 Å². The van der Waals surface area contributed by atoms with Crippen LogP contribution in [-0.4, -0.2) is 25.6 Å². The van der Waals surface area contributed by atoms with E-state index in [1.54, 1.807) is 5.57 Å². The van der Waals surface area contributed by atoms with Gasteiger partial charge in [-0.25, -0.2) is 0 Å². The molecule has 0 spiro atoms. The monoisotopic (exact) mass is 362 g/mol. The highest BCUT2D eigenvalue weighted by Crippen LogP contribution is 2.63. The fourth-order valence-electron chi connectivity index (χ4n) is 7.22. The summed E-state index contributed by atoms with van der Waals surface area (Å²) in [4.78, 5) is 0. The number of fused-ring (bicyclic) bond motifs is 5. The molecule has 142 valence electrons. The maximum atomic E-state index is 10.6. The molecule has 3 heteroatoms. The third-order valence-corrected chi connectivity index (χ3v) is 9.22. The van der Waals surface area contributed by atoms with E-state index in [1.165, 1.54) is 38.5 Å². The van der Waals surface area contributed by atoms with Gasteiger partial charge in [-0.2, -0.15) is 0 Å². The molecule has 0 saturated heterocycles. The molecule has 0 unspecified atom stereocenters. The summed E-state index contributed by atoms with van der Waals surface area (Å²) in [6, 6.07) is 0. The van der Waals surface area contributed by atoms with Crippen molar-refractivity contribution in [3.05, 3.63) is 11.6 Å². The topological polar surface area (TPSA) is 29.5 Å². The lowest BCUT2D eigenvalue weighted by Gasteiger charge is -2.56. The van der Waals surface area contributed by atoms with Crippen molar-refractivity contribution in [2.24, 2.45) is 35.0 Å². The Balaban J connectivity index is 1.57. The number of allylic oxidation sites excluding steroid dienone is 1. The summed E-state index contributed by atoms with van der Waals surface area (Å²) in [7, 11) is -1.46. The number of hydrogen-bond donors (Lipinski definition) is 1. The Bertz CT molecular complexity index is 551. The molecule has 2 nitrogen and oxygen atoms in total. The van der Waals surface area contributed by atoms with Gasteiger partial charge in [0.05, 0.1) is 12.2 Å². The first kappa shape index (κ1) is 18.2. The molecule has 0 aromatic carbocycles. The Hall–Kier alpha value is -0.123. The van der Waals surface area contributed by atoms with Crippen LogP contribution >= 0.6 is 0 Å². The van der Waals surface area contributed by atoms with Crippen molar-refractivity contribution < 1.29 is 9.53 Å². The molecule has 0 radical (unpaired) electrons. The van der Waals surface area contributed by atoms with Crippen LogP contribution in [0.5, 0.6) is 0 Å². The third kappa shape index (κ3) is 3.08. The van der Waals surface area contributed by atoms with Crippen LogP contribution in [0.1, 0.15) is 58.8 Å². The fourth-order valence-corrected chi connectivity index (χ4v) is 8.32. The normalized spacial score (nSPS) is 49.8. The summed E-state index contributed by atoms with van der Waals surface area (Å²) in [5, 5.41) is 10.6. The summed E-state index contributed by atoms with van der Waals surface area (Å²) < 4.78 is 6.43. The molecular formula is C22H38O2Si. The van der Waals surface area contributed by atoms with Crippen LogP contribution < -0.4 is 0 Å². The molecule has 1 N–H and O–H groups in total. The Morgan fingerprint density at radius 2 is 1.88 bits per heavy atom. The van der Waals surface area contributed by atoms with Crippen LogP contribution in [0.15, 0.2) is 11.6 Å². The van der Waals surface area contributed by atoms with E-state index >= 15 is 0 Å². The predicted octanol–water partition coefficient (Wildman–Crippen LogP) is 5.39. The van der Waals surface area contributed by atoms with Gasteiger partial charge in [0.2, 0.25) is 0 Å². The van der Waals surface area contributed by atoms with Gasteiger partial charge in [-0.1, -0.05) is 25.5 Å². The van der Waals surface area contributed by atoms with Crippen LogP contribution in [-0.2, 0) is 4.43 Å². The largest absolute Gasteiger partial charge is 0.411 e. The van der Waals surface area contributed by atoms with Crippen LogP contribution in [0, 0.1) is 35.0 Å². The van der Waals surface area contributed by atoms with Gasteiger partial charge in [-0.05, 0) is 99.6 Å². The summed E-state index contributed by atoms with van der Waals surface area (Å²) in [5.41, 5.74) is 1.93. The van der Waals surface area contributed by atoms with Gasteiger partial charge in [0, 0.05) is 0 Å². The second kappa shape index (κ2) is 6.20. The van der Waals surface area contributed by atoms with Crippen molar-refractivity contribution in [2.45, 2.75) is 90.6 Å². The first-order valence-corrected chi connectivity index (χ1v) is 14.2. The molecule has 3 saturated carbocycles. The molecule has 0 aromatic rings. The van der Waals surface area contributed by atoms with Gasteiger partial charge in [-0.15, -0.1) is 0 Å². The second-order valence-corrected chi connectivity index (χ2v) is 15.3. The third-order valence-electron chi connectivity index (χ3n) is 8.21. The average Bonchev–Trinajstić information content (AvgIpc) is 2.81. The summed E-state index contributed by atoms with van der Waals surface area (Å²) in [5.74, 6) is 4.05. The van der Waals surface area contributed by atoms with Crippen LogP contribution in [0.2, 0.25) is 19.6 Å². The maximum Gasteiger partial charge on any atom is 0.184 e. The first-order valence-electron chi connectivity index (χ1n) is 10.8. The Kier molecular flexibility index (Phi) is 4.53. The SMILES string of the molecule is C[C@@H]1CC2=C[C@H](O[Si](C)(C)C)CC[C@@H]2[C@H]2CC[C@]3(C)[C@@H](O)CC[C@H]3[C@@H]21. The van der Waals surface area contributed by atoms with E-state index in [0.29, 0.717) is 6.10 Å². The molecule has 0 bridgehead atoms. The maximum absolute atomic E-state index is 10.6. The molecular weight excluding hydrogens is 324 g/mol. The minimum atomic E-state index is -1.46. The van der Waals surface area contributed by atoms with E-state index in [9.17, 15) is 5.11 Å². The lowest BCUT2D eigenvalue weighted by Crippen LogP contribution is -2.50. The quantitative estimate of drug-likeness (QED) is 0.527. The molecule has 3 fully saturated rings. The number of hydrogen-bond acceptors (Lipinski definition) is 2. The van der Waals surface area contributed by atoms with Gasteiger partial charge in [0.25, 0.3) is 0 Å². The zero-order chi connectivity index (χ0) is 18.0. The van der Waals surface area contributed by atoms with Crippen LogP contribution in [0.3, 0.4) is 0 Å². The Morgan fingerprint density at radius 3 is 2.60 bits per heavy atom. The number of rotatable bonds is 2. The zero-order valence-corrected chi connectivity index (χ0v) is 17.9. The van der Waals surface area contributed by atoms with Crippen molar-refractivity contribution in [2.75, 3.05) is 0 Å². The van der Waals surface area contributed by atoms with Crippen molar-refractivity contribution in [1.82, 2.24) is 0 Å². The van der Waals surface area contributed by atoms with Crippen LogP contribution in [0.25, 0.3) is 0 Å². The first-order chi connectivity index (χ1) is 11.7. The summed E-state index contributed by atoms with van der Waals surface area (Å²) >= 11 is 0. The molecule has 4 aliphatic rings. The number of aliphatic hydroxyl groups excluding tert-OH is 1. The molecule has 0 aliphatic heterocycles. The van der Waals surface area contributed by atoms with E-state index in [-0.39, 0.29) is 11.5 Å². The summed E-state index contributed by atoms with van der Waals surface area (Å²) in [6.07, 6.45) is 11.6. The lowest BCUT2D eigenvalue weighted by atomic mass is 9.49. The standard InChI is InChI=1S/C22H38O2Si/c1-14-12-15-13-16(24-25(3,4)5)6-7-17(15)18-10-11-22(2)19(21(14)18)8-9-20(22)23/h13-14,16-21,23H,6-12H2,1-5H3/t14-,16-,17+,18-,19+,20+,21-,22+/m1/s1. The van der Waals surface area contributed by atoms with Crippen LogP contribution in [0.4, 0.5) is 0 Å². The highest BCUT2D eigenvalue weighted by Gasteiger charge is 2.57. The predicted molar refractivity (Wildman–Crippen MR) is 106 cm³/mol. The summed E-state index contributed by atoms with van der Waals surface area (Å²) in [6.45, 7) is 11.8. The number of aliphatic hydroxyl groups is 1. The molecule has 25 heavy (non-hydrogen) atoms. The second-order valence-electron chi connectivity index (χ2n) is 10.9. The van der Waals surface area contributed by atoms with E-state index in [1.807, 2.05) is 0 Å². The van der Waals surface area contributed by atoms with Crippen molar-refractivity contribution in [3.63, 3.8) is 0 Å². The average molecular weight is 363 g/mol. The smallest absolute Gasteiger partial charge is 0.184 e. The van der Waals surface area contributed by atoms with E-state index in [2.05, 4.69) is 39.6 Å². The Labute approximate surface area is 155 Å². The molecule has 0 aromatic heterocycles. The minimum Gasteiger partial charge on any atom is -0.411 e. The molecule has 0 amide bonds. The van der Waals surface area contributed by atoms with Gasteiger partial charge < -0.3 is 9.53 Å². The van der Waals surface area contributed by atoms with E-state index in [4.69, 9.17) is 4.43 Å². The van der Waals surface area contributed by atoms with E-state index in [0.717, 1.165) is 36.0 Å². The van der Waals surface area contributed by atoms with Gasteiger partial charge in [0.1, 0.15) is 0 Å². The van der Waals surface area contributed by atoms with Gasteiger partial charge >= 0.3 is 0 Å². The van der Waals surface area contributed by atoms with Crippen molar-refractivity contribution in [1.29, 1.82) is 0 Å². The highest BCUT2D eigenvalue weighted by atomic mass is 28.4. The highest BCUT2D eigenvalue weighted by molar-refractivity contribution is 6.69. The molecule has 4 aliphatic carbocycles. The zero-order valence-electron chi connectivity index (χ0n) is 16.9. The molecule has 0 heterocycles.